The van der Waals surface area contributed by atoms with E-state index in [0.29, 0.717) is 12.0 Å². The van der Waals surface area contributed by atoms with Gasteiger partial charge in [-0.25, -0.2) is 0 Å². The number of Topliss-reactive ketones (excluding diaryl/α,β-unsaturated/α-hetero) is 1. The number of hydrogen-bond donors (Lipinski definition) is 2. The summed E-state index contributed by atoms with van der Waals surface area (Å²) in [6, 6.07) is 18.9. The first-order valence-corrected chi connectivity index (χ1v) is 9.29. The highest BCUT2D eigenvalue weighted by molar-refractivity contribution is 6.06. The van der Waals surface area contributed by atoms with E-state index in [4.69, 9.17) is 0 Å². The molecule has 1 heterocycles. The summed E-state index contributed by atoms with van der Waals surface area (Å²) in [5.74, 6) is 0.0874. The molecule has 0 fully saturated rings. The maximum atomic E-state index is 12.3. The van der Waals surface area contributed by atoms with E-state index >= 15 is 0 Å². The second kappa shape index (κ2) is 9.46. The van der Waals surface area contributed by atoms with Crippen molar-refractivity contribution in [2.24, 2.45) is 0 Å². The van der Waals surface area contributed by atoms with E-state index < -0.39 is 6.04 Å². The van der Waals surface area contributed by atoms with Crippen LogP contribution in [0, 0.1) is 0 Å². The summed E-state index contributed by atoms with van der Waals surface area (Å²) in [5, 5.41) is 12.6. The molecule has 0 spiro atoms. The third-order valence-corrected chi connectivity index (χ3v) is 4.47. The highest BCUT2D eigenvalue weighted by Crippen LogP contribution is 2.16. The van der Waals surface area contributed by atoms with E-state index in [2.05, 4.69) is 10.3 Å². The number of ketones is 2. The predicted molar refractivity (Wildman–Crippen MR) is 114 cm³/mol. The average molecular weight is 386 g/mol. The Balaban J connectivity index is 1.65. The minimum atomic E-state index is -0.398. The average Bonchev–Trinajstić information content (AvgIpc) is 2.74. The van der Waals surface area contributed by atoms with Crippen molar-refractivity contribution in [1.82, 2.24) is 4.98 Å². The standard InChI is InChI=1S/C24H22N2O3/c1-17(27)23(16-18-5-12-22(28)13-6-18)26-21-9-7-19(8-10-21)24(29)14-11-20-4-2-3-15-25-20/h2-15,23,26,28H,16H2,1H3/b14-11+/t23-/m0/s1. The normalized spacial score (nSPS) is 11.9. The number of benzene rings is 2. The van der Waals surface area contributed by atoms with Crippen molar-refractivity contribution in [2.45, 2.75) is 19.4 Å². The van der Waals surface area contributed by atoms with Gasteiger partial charge in [0.2, 0.25) is 0 Å². The zero-order chi connectivity index (χ0) is 20.6. The van der Waals surface area contributed by atoms with Gasteiger partial charge in [-0.1, -0.05) is 18.2 Å². The second-order valence-corrected chi connectivity index (χ2v) is 6.71. The van der Waals surface area contributed by atoms with Gasteiger partial charge in [0.1, 0.15) is 5.75 Å². The maximum Gasteiger partial charge on any atom is 0.185 e. The zero-order valence-corrected chi connectivity index (χ0v) is 16.1. The van der Waals surface area contributed by atoms with Gasteiger partial charge >= 0.3 is 0 Å². The number of anilines is 1. The molecule has 1 atom stereocenters. The Hall–Kier alpha value is -3.73. The van der Waals surface area contributed by atoms with Crippen molar-refractivity contribution < 1.29 is 14.7 Å². The topological polar surface area (TPSA) is 79.3 Å². The number of hydrogen-bond acceptors (Lipinski definition) is 5. The molecule has 0 unspecified atom stereocenters. The van der Waals surface area contributed by atoms with E-state index in [-0.39, 0.29) is 17.3 Å². The molecule has 2 N–H and O–H groups in total. The molecule has 0 amide bonds. The van der Waals surface area contributed by atoms with Crippen molar-refractivity contribution in [1.29, 1.82) is 0 Å². The summed E-state index contributed by atoms with van der Waals surface area (Å²) in [6.45, 7) is 1.54. The third-order valence-electron chi connectivity index (χ3n) is 4.47. The first kappa shape index (κ1) is 20.0. The molecular weight excluding hydrogens is 364 g/mol. The fourth-order valence-electron chi connectivity index (χ4n) is 2.83. The fourth-order valence-corrected chi connectivity index (χ4v) is 2.83. The summed E-state index contributed by atoms with van der Waals surface area (Å²) < 4.78 is 0. The number of allylic oxidation sites excluding steroid dienone is 1. The number of phenols is 1. The Morgan fingerprint density at radius 1 is 1.03 bits per heavy atom. The largest absolute Gasteiger partial charge is 0.508 e. The number of aromatic hydroxyl groups is 1. The van der Waals surface area contributed by atoms with E-state index in [1.54, 1.807) is 67.7 Å². The van der Waals surface area contributed by atoms with Crippen LogP contribution in [0.1, 0.15) is 28.5 Å². The molecule has 0 saturated carbocycles. The molecule has 0 radical (unpaired) electrons. The molecule has 3 aromatic rings. The van der Waals surface area contributed by atoms with Crippen LogP contribution in [0.15, 0.2) is 79.0 Å². The number of phenolic OH excluding ortho intramolecular Hbond substituents is 1. The maximum absolute atomic E-state index is 12.3. The van der Waals surface area contributed by atoms with Gasteiger partial charge in [0.25, 0.3) is 0 Å². The lowest BCUT2D eigenvalue weighted by atomic mass is 10.0. The molecular formula is C24H22N2O3. The third kappa shape index (κ3) is 5.87. The molecule has 0 bridgehead atoms. The Kier molecular flexibility index (Phi) is 6.53. The number of nitrogens with one attached hydrogen (secondary N) is 1. The van der Waals surface area contributed by atoms with Gasteiger partial charge < -0.3 is 10.4 Å². The summed E-state index contributed by atoms with van der Waals surface area (Å²) in [6.07, 6.45) is 5.35. The number of pyridine rings is 1. The number of carbonyl (C=O) groups is 2. The molecule has 0 saturated heterocycles. The van der Waals surface area contributed by atoms with Crippen LogP contribution in [0.25, 0.3) is 6.08 Å². The molecule has 3 rings (SSSR count). The lowest BCUT2D eigenvalue weighted by molar-refractivity contribution is -0.117. The summed E-state index contributed by atoms with van der Waals surface area (Å²) in [7, 11) is 0. The monoisotopic (exact) mass is 386 g/mol. The summed E-state index contributed by atoms with van der Waals surface area (Å²) in [5.41, 5.74) is 2.98. The van der Waals surface area contributed by atoms with Crippen molar-refractivity contribution in [3.8, 4) is 5.75 Å². The van der Waals surface area contributed by atoms with Gasteiger partial charge in [0.15, 0.2) is 11.6 Å². The highest BCUT2D eigenvalue weighted by Gasteiger charge is 2.15. The van der Waals surface area contributed by atoms with Crippen LogP contribution in [0.4, 0.5) is 5.69 Å². The fraction of sp³-hybridized carbons (Fsp3) is 0.125. The minimum absolute atomic E-state index is 0.0107. The number of carbonyl (C=O) groups excluding carboxylic acids is 2. The lowest BCUT2D eigenvalue weighted by Gasteiger charge is -2.17. The Morgan fingerprint density at radius 2 is 1.76 bits per heavy atom. The second-order valence-electron chi connectivity index (χ2n) is 6.71. The predicted octanol–water partition coefficient (Wildman–Crippen LogP) is 4.30. The van der Waals surface area contributed by atoms with E-state index in [9.17, 15) is 14.7 Å². The molecule has 1 aromatic heterocycles. The molecule has 5 nitrogen and oxygen atoms in total. The van der Waals surface area contributed by atoms with Gasteiger partial charge in [-0.05, 0) is 79.6 Å². The van der Waals surface area contributed by atoms with Crippen LogP contribution in [-0.4, -0.2) is 27.7 Å². The van der Waals surface area contributed by atoms with Crippen LogP contribution in [0.3, 0.4) is 0 Å². The number of rotatable bonds is 8. The minimum Gasteiger partial charge on any atom is -0.508 e. The molecule has 146 valence electrons. The molecule has 0 aliphatic rings. The SMILES string of the molecule is CC(=O)[C@H](Cc1ccc(O)cc1)Nc1ccc(C(=O)/C=C/c2ccccn2)cc1. The first-order valence-electron chi connectivity index (χ1n) is 9.29. The van der Waals surface area contributed by atoms with Gasteiger partial charge in [0, 0.05) is 17.4 Å². The molecule has 0 aliphatic carbocycles. The van der Waals surface area contributed by atoms with Crippen LogP contribution in [-0.2, 0) is 11.2 Å². The number of nitrogens with zero attached hydrogens (tertiary/aromatic N) is 1. The van der Waals surface area contributed by atoms with Crippen molar-refractivity contribution in [2.75, 3.05) is 5.32 Å². The molecule has 0 aliphatic heterocycles. The highest BCUT2D eigenvalue weighted by atomic mass is 16.3. The van der Waals surface area contributed by atoms with Gasteiger partial charge in [0.05, 0.1) is 11.7 Å². The number of aromatic nitrogens is 1. The van der Waals surface area contributed by atoms with E-state index in [0.717, 1.165) is 16.9 Å². The van der Waals surface area contributed by atoms with Crippen LogP contribution < -0.4 is 5.32 Å². The Bertz CT molecular complexity index is 995. The van der Waals surface area contributed by atoms with Gasteiger partial charge in [-0.2, -0.15) is 0 Å². The summed E-state index contributed by atoms with van der Waals surface area (Å²) >= 11 is 0. The zero-order valence-electron chi connectivity index (χ0n) is 16.1. The van der Waals surface area contributed by atoms with Crippen molar-refractivity contribution >= 4 is 23.3 Å². The Morgan fingerprint density at radius 3 is 2.38 bits per heavy atom. The smallest absolute Gasteiger partial charge is 0.185 e. The molecule has 29 heavy (non-hydrogen) atoms. The molecule has 5 heteroatoms. The quantitative estimate of drug-likeness (QED) is 0.446. The van der Waals surface area contributed by atoms with Crippen LogP contribution >= 0.6 is 0 Å². The van der Waals surface area contributed by atoms with Crippen molar-refractivity contribution in [3.63, 3.8) is 0 Å². The Labute approximate surface area is 169 Å². The summed E-state index contributed by atoms with van der Waals surface area (Å²) in [4.78, 5) is 28.5. The first-order chi connectivity index (χ1) is 14.0. The van der Waals surface area contributed by atoms with Gasteiger partial charge in [-0.15, -0.1) is 0 Å². The van der Waals surface area contributed by atoms with Crippen molar-refractivity contribution in [3.05, 3.63) is 95.8 Å². The molecule has 2 aromatic carbocycles. The van der Waals surface area contributed by atoms with Crippen LogP contribution in [0.2, 0.25) is 0 Å². The van der Waals surface area contributed by atoms with E-state index in [1.807, 2.05) is 18.2 Å². The van der Waals surface area contributed by atoms with E-state index in [1.165, 1.54) is 6.08 Å². The van der Waals surface area contributed by atoms with Gasteiger partial charge in [-0.3, -0.25) is 14.6 Å². The van der Waals surface area contributed by atoms with Crippen LogP contribution in [0.5, 0.6) is 5.75 Å². The lowest BCUT2D eigenvalue weighted by Crippen LogP contribution is -2.29.